The lowest BCUT2D eigenvalue weighted by molar-refractivity contribution is 0.0367. The molecule has 192 valence electrons. The molecule has 2 aliphatic heterocycles. The van der Waals surface area contributed by atoms with Crippen LogP contribution in [0.1, 0.15) is 78.9 Å². The van der Waals surface area contributed by atoms with Crippen molar-refractivity contribution in [3.63, 3.8) is 0 Å². The highest BCUT2D eigenvalue weighted by molar-refractivity contribution is 7.80. The number of hydrogen-bond acceptors (Lipinski definition) is 4. The summed E-state index contributed by atoms with van der Waals surface area (Å²) in [6, 6.07) is 9.47. The SMILES string of the molecule is CC1(C)CC(NC(=S)N(CCCN2CCOCC2)Cc2ccc(C(C)(C)C)cc2)CC(C)(C)N1. The predicted octanol–water partition coefficient (Wildman–Crippen LogP) is 4.69. The number of nitrogens with one attached hydrogen (secondary N) is 2. The highest BCUT2D eigenvalue weighted by atomic mass is 32.1. The maximum atomic E-state index is 6.02. The zero-order valence-electron chi connectivity index (χ0n) is 22.7. The van der Waals surface area contributed by atoms with E-state index in [1.165, 1.54) is 11.1 Å². The summed E-state index contributed by atoms with van der Waals surface area (Å²) in [5.74, 6) is 0. The first kappa shape index (κ1) is 27.4. The summed E-state index contributed by atoms with van der Waals surface area (Å²) < 4.78 is 5.51. The molecule has 0 saturated carbocycles. The molecule has 1 aromatic carbocycles. The van der Waals surface area contributed by atoms with Gasteiger partial charge >= 0.3 is 0 Å². The third-order valence-corrected chi connectivity index (χ3v) is 7.38. The van der Waals surface area contributed by atoms with E-state index in [9.17, 15) is 0 Å². The first-order valence-electron chi connectivity index (χ1n) is 13.1. The summed E-state index contributed by atoms with van der Waals surface area (Å²) in [4.78, 5) is 4.89. The second kappa shape index (κ2) is 11.2. The number of piperidine rings is 1. The molecule has 0 unspecified atom stereocenters. The zero-order valence-corrected chi connectivity index (χ0v) is 23.5. The van der Waals surface area contributed by atoms with Gasteiger partial charge in [-0.05, 0) is 75.7 Å². The molecular weight excluding hydrogens is 440 g/mol. The van der Waals surface area contributed by atoms with Crippen LogP contribution in [0.25, 0.3) is 0 Å². The topological polar surface area (TPSA) is 39.8 Å². The summed E-state index contributed by atoms with van der Waals surface area (Å²) >= 11 is 6.02. The number of ether oxygens (including phenoxy) is 1. The third kappa shape index (κ3) is 8.47. The first-order chi connectivity index (χ1) is 15.8. The Balaban J connectivity index is 1.66. The van der Waals surface area contributed by atoms with Crippen molar-refractivity contribution in [2.24, 2.45) is 0 Å². The molecule has 0 spiro atoms. The summed E-state index contributed by atoms with van der Waals surface area (Å²) in [6.07, 6.45) is 3.24. The molecule has 0 aliphatic carbocycles. The minimum Gasteiger partial charge on any atom is -0.379 e. The molecule has 1 aromatic rings. The van der Waals surface area contributed by atoms with Crippen LogP contribution in [0.15, 0.2) is 24.3 Å². The van der Waals surface area contributed by atoms with Crippen LogP contribution in [-0.2, 0) is 16.7 Å². The molecule has 3 rings (SSSR count). The van der Waals surface area contributed by atoms with Crippen LogP contribution < -0.4 is 10.6 Å². The van der Waals surface area contributed by atoms with Gasteiger partial charge in [-0.2, -0.15) is 0 Å². The van der Waals surface area contributed by atoms with Gasteiger partial charge in [0.05, 0.1) is 13.2 Å². The molecule has 2 aliphatic rings. The van der Waals surface area contributed by atoms with E-state index in [1.807, 2.05) is 0 Å². The number of benzene rings is 1. The van der Waals surface area contributed by atoms with Gasteiger partial charge in [0.15, 0.2) is 5.11 Å². The van der Waals surface area contributed by atoms with Crippen LogP contribution in [0.4, 0.5) is 0 Å². The van der Waals surface area contributed by atoms with Gasteiger partial charge in [-0.25, -0.2) is 0 Å². The number of rotatable bonds is 7. The quantitative estimate of drug-likeness (QED) is 0.543. The molecule has 0 radical (unpaired) electrons. The minimum atomic E-state index is 0.0962. The van der Waals surface area contributed by atoms with Gasteiger partial charge < -0.3 is 20.3 Å². The highest BCUT2D eigenvalue weighted by Crippen LogP contribution is 2.29. The molecule has 0 aromatic heterocycles. The standard InChI is InChI=1S/C28H48N4OS/c1-26(2,3)23-11-9-22(10-12-23)21-32(14-8-13-31-15-17-33-18-16-31)25(34)29-24-19-27(4,5)30-28(6,7)20-24/h9-12,24,30H,8,13-21H2,1-7H3,(H,29,34). The Morgan fingerprint density at radius 3 is 2.24 bits per heavy atom. The van der Waals surface area contributed by atoms with E-state index in [0.29, 0.717) is 6.04 Å². The minimum absolute atomic E-state index is 0.0962. The molecule has 2 N–H and O–H groups in total. The summed E-state index contributed by atoms with van der Waals surface area (Å²) in [5.41, 5.74) is 3.05. The van der Waals surface area contributed by atoms with E-state index in [4.69, 9.17) is 17.0 Å². The largest absolute Gasteiger partial charge is 0.379 e. The molecule has 0 atom stereocenters. The Morgan fingerprint density at radius 1 is 1.09 bits per heavy atom. The normalized spacial score (nSPS) is 21.3. The van der Waals surface area contributed by atoms with E-state index in [0.717, 1.165) is 70.3 Å². The molecule has 0 amide bonds. The number of nitrogens with zero attached hydrogens (tertiary/aromatic N) is 2. The maximum absolute atomic E-state index is 6.02. The van der Waals surface area contributed by atoms with Crippen molar-refractivity contribution in [2.45, 2.75) is 96.8 Å². The van der Waals surface area contributed by atoms with Gasteiger partial charge in [0.25, 0.3) is 0 Å². The van der Waals surface area contributed by atoms with Crippen LogP contribution in [0.3, 0.4) is 0 Å². The Kier molecular flexibility index (Phi) is 9.05. The average Bonchev–Trinajstić information content (AvgIpc) is 2.71. The Hall–Kier alpha value is -1.21. The lowest BCUT2D eigenvalue weighted by Crippen LogP contribution is -2.62. The maximum Gasteiger partial charge on any atom is 0.169 e. The summed E-state index contributed by atoms with van der Waals surface area (Å²) in [6.45, 7) is 22.7. The Labute approximate surface area is 214 Å². The lowest BCUT2D eigenvalue weighted by Gasteiger charge is -2.47. The van der Waals surface area contributed by atoms with Gasteiger partial charge in [-0.3, -0.25) is 4.90 Å². The molecule has 2 heterocycles. The second-order valence-corrected chi connectivity index (χ2v) is 13.0. The lowest BCUT2D eigenvalue weighted by atomic mass is 9.80. The van der Waals surface area contributed by atoms with E-state index in [2.05, 4.69) is 93.2 Å². The van der Waals surface area contributed by atoms with Crippen molar-refractivity contribution in [2.75, 3.05) is 39.4 Å². The van der Waals surface area contributed by atoms with Gasteiger partial charge in [0.2, 0.25) is 0 Å². The molecule has 0 bridgehead atoms. The smallest absolute Gasteiger partial charge is 0.169 e. The van der Waals surface area contributed by atoms with Crippen molar-refractivity contribution in [1.29, 1.82) is 0 Å². The van der Waals surface area contributed by atoms with E-state index in [-0.39, 0.29) is 16.5 Å². The molecular formula is C28H48N4OS. The third-order valence-electron chi connectivity index (χ3n) is 7.00. The second-order valence-electron chi connectivity index (χ2n) is 12.6. The van der Waals surface area contributed by atoms with E-state index >= 15 is 0 Å². The fourth-order valence-corrected chi connectivity index (χ4v) is 5.91. The van der Waals surface area contributed by atoms with Crippen molar-refractivity contribution < 1.29 is 4.74 Å². The Morgan fingerprint density at radius 2 is 1.68 bits per heavy atom. The molecule has 2 fully saturated rings. The molecule has 2 saturated heterocycles. The summed E-state index contributed by atoms with van der Waals surface area (Å²) in [7, 11) is 0. The zero-order chi connectivity index (χ0) is 25.0. The van der Waals surface area contributed by atoms with Crippen LogP contribution in [0.2, 0.25) is 0 Å². The van der Waals surface area contributed by atoms with E-state index in [1.54, 1.807) is 0 Å². The predicted molar refractivity (Wildman–Crippen MR) is 147 cm³/mol. The number of morpholine rings is 1. The van der Waals surface area contributed by atoms with Gasteiger partial charge in [-0.15, -0.1) is 0 Å². The number of thiocarbonyl (C=S) groups is 1. The Bertz CT molecular complexity index is 778. The van der Waals surface area contributed by atoms with Gasteiger partial charge in [-0.1, -0.05) is 45.0 Å². The van der Waals surface area contributed by atoms with Crippen LogP contribution in [0.5, 0.6) is 0 Å². The van der Waals surface area contributed by atoms with Crippen molar-refractivity contribution in [3.8, 4) is 0 Å². The van der Waals surface area contributed by atoms with Crippen LogP contribution in [-0.4, -0.2) is 71.4 Å². The molecule has 34 heavy (non-hydrogen) atoms. The van der Waals surface area contributed by atoms with Crippen molar-refractivity contribution in [1.82, 2.24) is 20.4 Å². The monoisotopic (exact) mass is 488 g/mol. The molecule has 5 nitrogen and oxygen atoms in total. The number of hydrogen-bond donors (Lipinski definition) is 2. The van der Waals surface area contributed by atoms with Crippen LogP contribution in [0, 0.1) is 0 Å². The van der Waals surface area contributed by atoms with Crippen molar-refractivity contribution >= 4 is 17.3 Å². The molecule has 6 heteroatoms. The van der Waals surface area contributed by atoms with Gasteiger partial charge in [0.1, 0.15) is 0 Å². The fraction of sp³-hybridized carbons (Fsp3) is 0.750. The van der Waals surface area contributed by atoms with Gasteiger partial charge in [0, 0.05) is 49.8 Å². The first-order valence-corrected chi connectivity index (χ1v) is 13.5. The average molecular weight is 489 g/mol. The van der Waals surface area contributed by atoms with E-state index < -0.39 is 0 Å². The summed E-state index contributed by atoms with van der Waals surface area (Å²) in [5, 5.41) is 8.43. The van der Waals surface area contributed by atoms with Crippen molar-refractivity contribution in [3.05, 3.63) is 35.4 Å². The fourth-order valence-electron chi connectivity index (χ4n) is 5.58. The van der Waals surface area contributed by atoms with Crippen LogP contribution >= 0.6 is 12.2 Å². The highest BCUT2D eigenvalue weighted by Gasteiger charge is 2.38.